The molecule has 19 nitrogen and oxygen atoms in total. The number of carboxylic acids is 1. The van der Waals surface area contributed by atoms with E-state index in [1.165, 1.54) is 24.3 Å². The molecular weight excluding hydrogens is 635 g/mol. The number of carbonyl (C=O) groups is 6. The zero-order valence-corrected chi connectivity index (χ0v) is 26.2. The normalized spacial score (nSPS) is 13.2. The van der Waals surface area contributed by atoms with Crippen LogP contribution in [-0.4, -0.2) is 108 Å². The number of hydrogen-bond acceptors (Lipinski definition) is 11. The maximum atomic E-state index is 13.3. The first-order valence-electron chi connectivity index (χ1n) is 13.9. The van der Waals surface area contributed by atoms with Crippen molar-refractivity contribution in [2.75, 3.05) is 39.5 Å². The van der Waals surface area contributed by atoms with Gasteiger partial charge in [0.15, 0.2) is 0 Å². The highest BCUT2D eigenvalue weighted by atomic mass is 31.2. The summed E-state index contributed by atoms with van der Waals surface area (Å²) in [4.78, 5) is 92.2. The summed E-state index contributed by atoms with van der Waals surface area (Å²) >= 11 is 0. The van der Waals surface area contributed by atoms with Crippen LogP contribution in [0.15, 0.2) is 24.3 Å². The molecule has 0 aliphatic carbocycles. The van der Waals surface area contributed by atoms with Crippen LogP contribution in [-0.2, 0) is 49.2 Å². The Hall–Kier alpha value is -4.13. The second kappa shape index (κ2) is 20.1. The van der Waals surface area contributed by atoms with Crippen LogP contribution in [0.2, 0.25) is 0 Å². The molecule has 0 radical (unpaired) electrons. The number of aliphatic carboxylic acids is 1. The first kappa shape index (κ1) is 39.9. The van der Waals surface area contributed by atoms with Crippen LogP contribution in [0.3, 0.4) is 0 Å². The molecule has 0 saturated carbocycles. The number of hydrogen-bond donors (Lipinski definition) is 9. The van der Waals surface area contributed by atoms with Crippen LogP contribution in [0.5, 0.6) is 5.75 Å². The van der Waals surface area contributed by atoms with Crippen molar-refractivity contribution >= 4 is 43.3 Å². The van der Waals surface area contributed by atoms with E-state index in [1.807, 2.05) is 0 Å². The van der Waals surface area contributed by atoms with E-state index >= 15 is 0 Å². The van der Waals surface area contributed by atoms with Gasteiger partial charge in [0.25, 0.3) is 0 Å². The Balaban J connectivity index is 3.04. The smallest absolute Gasteiger partial charge is 0.480 e. The monoisotopic (exact) mass is 676 g/mol. The third-order valence-corrected chi connectivity index (χ3v) is 6.25. The van der Waals surface area contributed by atoms with Crippen LogP contribution in [0.1, 0.15) is 25.8 Å². The molecule has 258 valence electrons. The standard InChI is InChI=1S/C26H41N6O13P/c1-15(2)23(32-25(38)19(12-20(28)33)30-21(34)14-44-10-9-43-8-7-27)26(39)31-18(24(37)29-13-22(35)36)11-16-3-5-17(6-4-16)45-46(40,41)42/h3-6,15,18-19,23H,7-14,27H2,1-2H3,(H2,28,33)(H,29,37)(H,30,34)(H,31,39)(H,32,38)(H,35,36)(H2,40,41,42)/t18-,19-,23-/m0/s1. The van der Waals surface area contributed by atoms with Crippen molar-refractivity contribution in [3.05, 3.63) is 29.8 Å². The second-order valence-electron chi connectivity index (χ2n) is 10.1. The first-order valence-corrected chi connectivity index (χ1v) is 15.4. The summed E-state index contributed by atoms with van der Waals surface area (Å²) in [5.74, 6) is -6.45. The molecule has 20 heteroatoms. The third-order valence-electron chi connectivity index (χ3n) is 5.81. The molecule has 1 aromatic rings. The molecule has 1 rings (SSSR count). The number of carboxylic acid groups (broad SMARTS) is 1. The molecule has 0 aliphatic rings. The number of carbonyl (C=O) groups excluding carboxylic acids is 5. The van der Waals surface area contributed by atoms with Crippen molar-refractivity contribution in [2.24, 2.45) is 17.4 Å². The summed E-state index contributed by atoms with van der Waals surface area (Å²) in [7, 11) is -4.82. The number of nitrogens with one attached hydrogen (secondary N) is 4. The predicted octanol–water partition coefficient (Wildman–Crippen LogP) is -3.12. The van der Waals surface area contributed by atoms with Crippen molar-refractivity contribution < 1.29 is 62.2 Å². The Bertz CT molecular complexity index is 1240. The van der Waals surface area contributed by atoms with Gasteiger partial charge >= 0.3 is 13.8 Å². The minimum Gasteiger partial charge on any atom is -0.480 e. The lowest BCUT2D eigenvalue weighted by atomic mass is 10.00. The Labute approximate surface area is 264 Å². The van der Waals surface area contributed by atoms with E-state index in [-0.39, 0.29) is 25.4 Å². The number of phosphoric acid groups is 1. The number of phosphoric ester groups is 1. The van der Waals surface area contributed by atoms with Gasteiger partial charge in [-0.1, -0.05) is 26.0 Å². The van der Waals surface area contributed by atoms with Crippen LogP contribution in [0.25, 0.3) is 0 Å². The van der Waals surface area contributed by atoms with Crippen molar-refractivity contribution in [1.82, 2.24) is 21.3 Å². The van der Waals surface area contributed by atoms with Crippen LogP contribution in [0.4, 0.5) is 0 Å². The highest BCUT2D eigenvalue weighted by molar-refractivity contribution is 7.46. The average molecular weight is 677 g/mol. The summed E-state index contributed by atoms with van der Waals surface area (Å²) in [6.45, 7) is 2.77. The van der Waals surface area contributed by atoms with Crippen molar-refractivity contribution in [3.63, 3.8) is 0 Å². The van der Waals surface area contributed by atoms with Gasteiger partial charge in [-0.15, -0.1) is 0 Å². The van der Waals surface area contributed by atoms with Gasteiger partial charge < -0.3 is 51.8 Å². The van der Waals surface area contributed by atoms with E-state index in [2.05, 4.69) is 25.8 Å². The quantitative estimate of drug-likeness (QED) is 0.0434. The number of rotatable bonds is 22. The predicted molar refractivity (Wildman–Crippen MR) is 159 cm³/mol. The minimum atomic E-state index is -4.82. The largest absolute Gasteiger partial charge is 0.524 e. The summed E-state index contributed by atoms with van der Waals surface area (Å²) in [6, 6.07) is 1.02. The summed E-state index contributed by atoms with van der Waals surface area (Å²) in [6.07, 6.45) is -0.810. The molecular formula is C26H41N6O13P. The molecule has 0 unspecified atom stereocenters. The summed E-state index contributed by atoms with van der Waals surface area (Å²) in [5.41, 5.74) is 10.9. The van der Waals surface area contributed by atoms with E-state index in [0.29, 0.717) is 18.7 Å². The first-order chi connectivity index (χ1) is 21.5. The van der Waals surface area contributed by atoms with Crippen molar-refractivity contribution in [3.8, 4) is 5.75 Å². The van der Waals surface area contributed by atoms with Gasteiger partial charge in [0.05, 0.1) is 26.2 Å². The number of amides is 5. The fourth-order valence-corrected chi connectivity index (χ4v) is 4.12. The molecule has 0 bridgehead atoms. The summed E-state index contributed by atoms with van der Waals surface area (Å²) < 4.78 is 25.8. The van der Waals surface area contributed by atoms with Crippen LogP contribution >= 0.6 is 7.82 Å². The van der Waals surface area contributed by atoms with Gasteiger partial charge in [0, 0.05) is 13.0 Å². The van der Waals surface area contributed by atoms with Crippen molar-refractivity contribution in [2.45, 2.75) is 44.8 Å². The highest BCUT2D eigenvalue weighted by Gasteiger charge is 2.32. The number of primary amides is 1. The van der Waals surface area contributed by atoms with Gasteiger partial charge in [0.1, 0.15) is 37.0 Å². The second-order valence-corrected chi connectivity index (χ2v) is 11.2. The minimum absolute atomic E-state index is 0.0578. The topological polar surface area (TPSA) is 308 Å². The van der Waals surface area contributed by atoms with E-state index in [4.69, 9.17) is 35.8 Å². The summed E-state index contributed by atoms with van der Waals surface area (Å²) in [5, 5.41) is 18.3. The molecule has 0 spiro atoms. The lowest BCUT2D eigenvalue weighted by molar-refractivity contribution is -0.138. The molecule has 46 heavy (non-hydrogen) atoms. The maximum Gasteiger partial charge on any atom is 0.524 e. The van der Waals surface area contributed by atoms with Crippen LogP contribution < -0.4 is 37.3 Å². The Morgan fingerprint density at radius 2 is 1.50 bits per heavy atom. The number of benzene rings is 1. The van der Waals surface area contributed by atoms with Gasteiger partial charge in [0.2, 0.25) is 29.5 Å². The van der Waals surface area contributed by atoms with Crippen molar-refractivity contribution in [1.29, 1.82) is 0 Å². The molecule has 0 saturated heterocycles. The van der Waals surface area contributed by atoms with Gasteiger partial charge in [-0.2, -0.15) is 0 Å². The lowest BCUT2D eigenvalue weighted by Crippen LogP contribution is -2.59. The zero-order chi connectivity index (χ0) is 34.9. The van der Waals surface area contributed by atoms with E-state index < -0.39 is 86.9 Å². The lowest BCUT2D eigenvalue weighted by Gasteiger charge is -2.27. The molecule has 5 amide bonds. The van der Waals surface area contributed by atoms with E-state index in [9.17, 15) is 33.3 Å². The third kappa shape index (κ3) is 16.8. The highest BCUT2D eigenvalue weighted by Crippen LogP contribution is 2.37. The Morgan fingerprint density at radius 1 is 0.870 bits per heavy atom. The fraction of sp³-hybridized carbons (Fsp3) is 0.538. The fourth-order valence-electron chi connectivity index (χ4n) is 3.72. The Kier molecular flexibility index (Phi) is 17.4. The van der Waals surface area contributed by atoms with Gasteiger partial charge in [-0.05, 0) is 23.6 Å². The Morgan fingerprint density at radius 3 is 2.04 bits per heavy atom. The number of ether oxygens (including phenoxy) is 2. The molecule has 11 N–H and O–H groups in total. The maximum absolute atomic E-state index is 13.3. The molecule has 0 heterocycles. The molecule has 0 fully saturated rings. The van der Waals surface area contributed by atoms with Crippen LogP contribution in [0, 0.1) is 5.92 Å². The number of nitrogens with two attached hydrogens (primary N) is 2. The van der Waals surface area contributed by atoms with E-state index in [1.54, 1.807) is 13.8 Å². The molecule has 3 atom stereocenters. The molecule has 0 aromatic heterocycles. The van der Waals surface area contributed by atoms with Gasteiger partial charge in [-0.3, -0.25) is 38.6 Å². The molecule has 1 aromatic carbocycles. The average Bonchev–Trinajstić information content (AvgIpc) is 2.95. The van der Waals surface area contributed by atoms with E-state index in [0.717, 1.165) is 0 Å². The van der Waals surface area contributed by atoms with Gasteiger partial charge in [-0.25, -0.2) is 4.57 Å². The molecule has 0 aliphatic heterocycles. The SMILES string of the molecule is CC(C)[C@H](NC(=O)[C@H](CC(N)=O)NC(=O)COCCOCCN)C(=O)N[C@@H](Cc1ccc(OP(=O)(O)O)cc1)C(=O)NCC(=O)O. The zero-order valence-electron chi connectivity index (χ0n) is 25.3.